The van der Waals surface area contributed by atoms with Crippen molar-refractivity contribution in [1.82, 2.24) is 9.80 Å². The van der Waals surface area contributed by atoms with Crippen LogP contribution < -0.4 is 0 Å². The van der Waals surface area contributed by atoms with E-state index in [1.165, 1.54) is 6.42 Å². The van der Waals surface area contributed by atoms with E-state index < -0.39 is 0 Å². The van der Waals surface area contributed by atoms with Gasteiger partial charge in [0.05, 0.1) is 0 Å². The summed E-state index contributed by atoms with van der Waals surface area (Å²) in [6, 6.07) is 7.99. The highest BCUT2D eigenvalue weighted by molar-refractivity contribution is 5.31. The first-order valence-electron chi connectivity index (χ1n) is 8.44. The third kappa shape index (κ3) is 4.97. The number of rotatable bonds is 7. The van der Waals surface area contributed by atoms with E-state index in [0.29, 0.717) is 17.7 Å². The number of hydrogen-bond acceptors (Lipinski definition) is 4. The first kappa shape index (κ1) is 17.3. The van der Waals surface area contributed by atoms with Crippen LogP contribution in [0.3, 0.4) is 0 Å². The zero-order valence-corrected chi connectivity index (χ0v) is 13.9. The summed E-state index contributed by atoms with van der Waals surface area (Å²) in [4.78, 5) is 4.92. The summed E-state index contributed by atoms with van der Waals surface area (Å²) in [5, 5.41) is 19.3. The Morgan fingerprint density at radius 2 is 2.00 bits per heavy atom. The summed E-state index contributed by atoms with van der Waals surface area (Å²) in [7, 11) is 0. The van der Waals surface area contributed by atoms with Crippen LogP contribution in [0.2, 0.25) is 0 Å². The van der Waals surface area contributed by atoms with Crippen LogP contribution in [0.25, 0.3) is 0 Å². The lowest BCUT2D eigenvalue weighted by atomic mass is 10.0. The lowest BCUT2D eigenvalue weighted by molar-refractivity contribution is 0.0520. The SMILES string of the molecule is CC(C)CCN1CCN(Cc2ccccc2O)CC1CCO. The molecule has 124 valence electrons. The molecule has 0 aliphatic carbocycles. The van der Waals surface area contributed by atoms with Gasteiger partial charge in [0, 0.05) is 44.4 Å². The van der Waals surface area contributed by atoms with Crippen LogP contribution in [-0.2, 0) is 6.54 Å². The molecule has 4 nitrogen and oxygen atoms in total. The fourth-order valence-corrected chi connectivity index (χ4v) is 3.13. The van der Waals surface area contributed by atoms with Crippen molar-refractivity contribution in [3.63, 3.8) is 0 Å². The zero-order valence-electron chi connectivity index (χ0n) is 13.9. The third-order valence-corrected chi connectivity index (χ3v) is 4.53. The zero-order chi connectivity index (χ0) is 15.9. The number of piperazine rings is 1. The Balaban J connectivity index is 1.93. The highest BCUT2D eigenvalue weighted by atomic mass is 16.3. The van der Waals surface area contributed by atoms with Crippen LogP contribution in [0.5, 0.6) is 5.75 Å². The van der Waals surface area contributed by atoms with Gasteiger partial charge in [-0.25, -0.2) is 0 Å². The molecule has 4 heteroatoms. The lowest BCUT2D eigenvalue weighted by Gasteiger charge is -2.41. The van der Waals surface area contributed by atoms with Crippen molar-refractivity contribution in [2.24, 2.45) is 5.92 Å². The first-order chi connectivity index (χ1) is 10.6. The quantitative estimate of drug-likeness (QED) is 0.811. The Morgan fingerprint density at radius 1 is 1.23 bits per heavy atom. The number of aliphatic hydroxyl groups excluding tert-OH is 1. The van der Waals surface area contributed by atoms with Gasteiger partial charge in [-0.1, -0.05) is 32.0 Å². The van der Waals surface area contributed by atoms with E-state index in [9.17, 15) is 10.2 Å². The Bertz CT molecular complexity index is 450. The summed E-state index contributed by atoms with van der Waals surface area (Å²) in [6.07, 6.45) is 2.04. The van der Waals surface area contributed by atoms with Crippen LogP contribution in [0.4, 0.5) is 0 Å². The van der Waals surface area contributed by atoms with E-state index in [4.69, 9.17) is 0 Å². The number of phenolic OH excluding ortho intramolecular Hbond substituents is 1. The van der Waals surface area contributed by atoms with Gasteiger partial charge in [-0.2, -0.15) is 0 Å². The summed E-state index contributed by atoms with van der Waals surface area (Å²) >= 11 is 0. The number of phenols is 1. The van der Waals surface area contributed by atoms with Crippen molar-refractivity contribution >= 4 is 0 Å². The van der Waals surface area contributed by atoms with Crippen LogP contribution in [0.15, 0.2) is 24.3 Å². The van der Waals surface area contributed by atoms with Crippen LogP contribution >= 0.6 is 0 Å². The van der Waals surface area contributed by atoms with Gasteiger partial charge >= 0.3 is 0 Å². The Kier molecular flexibility index (Phi) is 6.68. The molecule has 2 rings (SSSR count). The van der Waals surface area contributed by atoms with E-state index in [-0.39, 0.29) is 6.61 Å². The summed E-state index contributed by atoms with van der Waals surface area (Å²) in [5.41, 5.74) is 0.987. The lowest BCUT2D eigenvalue weighted by Crippen LogP contribution is -2.53. The second-order valence-corrected chi connectivity index (χ2v) is 6.75. The minimum Gasteiger partial charge on any atom is -0.508 e. The number of benzene rings is 1. The van der Waals surface area contributed by atoms with Crippen molar-refractivity contribution in [1.29, 1.82) is 0 Å². The molecule has 1 atom stereocenters. The maximum absolute atomic E-state index is 9.93. The van der Waals surface area contributed by atoms with Gasteiger partial charge in [0.15, 0.2) is 0 Å². The normalized spacial score (nSPS) is 20.6. The van der Waals surface area contributed by atoms with E-state index in [1.54, 1.807) is 6.07 Å². The van der Waals surface area contributed by atoms with Crippen LogP contribution in [0.1, 0.15) is 32.3 Å². The molecule has 0 radical (unpaired) electrons. The number of para-hydroxylation sites is 1. The molecule has 22 heavy (non-hydrogen) atoms. The molecule has 0 aromatic heterocycles. The fraction of sp³-hybridized carbons (Fsp3) is 0.667. The Hall–Kier alpha value is -1.10. The van der Waals surface area contributed by atoms with Crippen LogP contribution in [0, 0.1) is 5.92 Å². The maximum Gasteiger partial charge on any atom is 0.120 e. The average Bonchev–Trinajstić information content (AvgIpc) is 2.49. The molecular formula is C18H30N2O2. The highest BCUT2D eigenvalue weighted by Gasteiger charge is 2.26. The minimum atomic E-state index is 0.243. The number of nitrogens with zero attached hydrogens (tertiary/aromatic N) is 2. The smallest absolute Gasteiger partial charge is 0.120 e. The Labute approximate surface area is 134 Å². The van der Waals surface area contributed by atoms with Gasteiger partial charge < -0.3 is 10.2 Å². The Morgan fingerprint density at radius 3 is 2.68 bits per heavy atom. The maximum atomic E-state index is 9.93. The topological polar surface area (TPSA) is 46.9 Å². The largest absolute Gasteiger partial charge is 0.508 e. The molecule has 1 aliphatic rings. The van der Waals surface area contributed by atoms with Gasteiger partial charge in [-0.15, -0.1) is 0 Å². The predicted octanol–water partition coefficient (Wildman–Crippen LogP) is 2.31. The van der Waals surface area contributed by atoms with Crippen molar-refractivity contribution in [3.05, 3.63) is 29.8 Å². The molecule has 1 aromatic rings. The number of aliphatic hydroxyl groups is 1. The molecule has 1 heterocycles. The van der Waals surface area contributed by atoms with Crippen molar-refractivity contribution in [3.8, 4) is 5.75 Å². The van der Waals surface area contributed by atoms with E-state index in [0.717, 1.165) is 44.7 Å². The van der Waals surface area contributed by atoms with Gasteiger partial charge in [0.1, 0.15) is 5.75 Å². The summed E-state index contributed by atoms with van der Waals surface area (Å²) < 4.78 is 0. The molecule has 0 bridgehead atoms. The second kappa shape index (κ2) is 8.51. The molecular weight excluding hydrogens is 276 g/mol. The monoisotopic (exact) mass is 306 g/mol. The molecule has 1 fully saturated rings. The molecule has 1 aromatic carbocycles. The standard InChI is InChI=1S/C18H30N2O2/c1-15(2)7-9-20-11-10-19(14-17(20)8-12-21)13-16-5-3-4-6-18(16)22/h3-6,15,17,21-22H,7-14H2,1-2H3. The van der Waals surface area contributed by atoms with Crippen molar-refractivity contribution in [2.45, 2.75) is 39.3 Å². The molecule has 0 amide bonds. The van der Waals surface area contributed by atoms with E-state index in [1.807, 2.05) is 18.2 Å². The highest BCUT2D eigenvalue weighted by Crippen LogP contribution is 2.21. The molecule has 1 saturated heterocycles. The molecule has 1 unspecified atom stereocenters. The number of hydrogen-bond donors (Lipinski definition) is 2. The second-order valence-electron chi connectivity index (χ2n) is 6.75. The van der Waals surface area contributed by atoms with Crippen molar-refractivity contribution in [2.75, 3.05) is 32.8 Å². The molecule has 0 spiro atoms. The molecule has 1 aliphatic heterocycles. The average molecular weight is 306 g/mol. The van der Waals surface area contributed by atoms with Gasteiger partial charge in [-0.05, 0) is 31.4 Å². The van der Waals surface area contributed by atoms with Gasteiger partial charge in [-0.3, -0.25) is 9.80 Å². The van der Waals surface area contributed by atoms with Crippen molar-refractivity contribution < 1.29 is 10.2 Å². The molecule has 2 N–H and O–H groups in total. The third-order valence-electron chi connectivity index (χ3n) is 4.53. The molecule has 0 saturated carbocycles. The summed E-state index contributed by atoms with van der Waals surface area (Å²) in [5.74, 6) is 1.09. The van der Waals surface area contributed by atoms with Crippen LogP contribution in [-0.4, -0.2) is 58.8 Å². The van der Waals surface area contributed by atoms with Gasteiger partial charge in [0.25, 0.3) is 0 Å². The fourth-order valence-electron chi connectivity index (χ4n) is 3.13. The summed E-state index contributed by atoms with van der Waals surface area (Å²) in [6.45, 7) is 9.70. The number of aromatic hydroxyl groups is 1. The minimum absolute atomic E-state index is 0.243. The van der Waals surface area contributed by atoms with Gasteiger partial charge in [0.2, 0.25) is 0 Å². The van der Waals surface area contributed by atoms with E-state index >= 15 is 0 Å². The van der Waals surface area contributed by atoms with E-state index in [2.05, 4.69) is 23.6 Å². The first-order valence-corrected chi connectivity index (χ1v) is 8.44. The predicted molar refractivity (Wildman–Crippen MR) is 89.9 cm³/mol.